The van der Waals surface area contributed by atoms with E-state index in [1.54, 1.807) is 13.2 Å². The van der Waals surface area contributed by atoms with Crippen molar-refractivity contribution < 1.29 is 19.2 Å². The minimum Gasteiger partial charge on any atom is -0.495 e. The van der Waals surface area contributed by atoms with Gasteiger partial charge in [0.25, 0.3) is 0 Å². The summed E-state index contributed by atoms with van der Waals surface area (Å²) in [5, 5.41) is 3.42. The van der Waals surface area contributed by atoms with Crippen LogP contribution in [0.1, 0.15) is 57.5 Å². The van der Waals surface area contributed by atoms with Gasteiger partial charge in [-0.25, -0.2) is 15.3 Å². The lowest BCUT2D eigenvalue weighted by atomic mass is 10.1. The van der Waals surface area contributed by atoms with E-state index >= 15 is 0 Å². The van der Waals surface area contributed by atoms with Gasteiger partial charge in [-0.3, -0.25) is 14.6 Å². The highest BCUT2D eigenvalue weighted by molar-refractivity contribution is 6.42. The van der Waals surface area contributed by atoms with E-state index in [1.807, 2.05) is 52.0 Å². The predicted molar refractivity (Wildman–Crippen MR) is 180 cm³/mol. The number of ether oxygens (including phenoxy) is 1. The van der Waals surface area contributed by atoms with Gasteiger partial charge in [0, 0.05) is 55.4 Å². The SMILES string of the molecule is CC.CCN(CC)c1ccc(Nc2ncc3c(n2)N(CC)C(=O)N(c2c(Cl)c(C=O)cc(OC)c2Cl)C3)cc1.CCONC. The van der Waals surface area contributed by atoms with Crippen molar-refractivity contribution in [2.45, 2.75) is 48.1 Å². The molecule has 2 N–H and O–H groups in total. The van der Waals surface area contributed by atoms with Gasteiger partial charge < -0.3 is 19.8 Å². The molecule has 240 valence electrons. The van der Waals surface area contributed by atoms with Crippen molar-refractivity contribution in [1.29, 1.82) is 0 Å². The number of carbonyl (C=O) groups excluding carboxylic acids is 2. The van der Waals surface area contributed by atoms with Crippen molar-refractivity contribution in [2.75, 3.05) is 60.4 Å². The Hall–Kier alpha value is -3.64. The second-order valence-electron chi connectivity index (χ2n) is 8.90. The Balaban J connectivity index is 0.000000876. The average molecular weight is 649 g/mol. The number of amides is 2. The quantitative estimate of drug-likeness (QED) is 0.163. The summed E-state index contributed by atoms with van der Waals surface area (Å²) in [5.41, 5.74) is 5.56. The minimum atomic E-state index is -0.378. The first-order chi connectivity index (χ1) is 21.3. The lowest BCUT2D eigenvalue weighted by Crippen LogP contribution is -2.48. The van der Waals surface area contributed by atoms with E-state index in [9.17, 15) is 9.59 Å². The Morgan fingerprint density at radius 2 is 1.73 bits per heavy atom. The van der Waals surface area contributed by atoms with Gasteiger partial charge in [0.05, 0.1) is 31.0 Å². The maximum atomic E-state index is 13.6. The molecule has 44 heavy (non-hydrogen) atoms. The summed E-state index contributed by atoms with van der Waals surface area (Å²) in [6.07, 6.45) is 2.26. The molecule has 1 aromatic heterocycles. The van der Waals surface area contributed by atoms with Crippen molar-refractivity contribution in [1.82, 2.24) is 15.4 Å². The second kappa shape index (κ2) is 18.2. The molecule has 1 aliphatic rings. The van der Waals surface area contributed by atoms with Crippen LogP contribution >= 0.6 is 23.2 Å². The minimum absolute atomic E-state index is 0.0704. The number of hydrogen-bond donors (Lipinski definition) is 2. The molecule has 0 radical (unpaired) electrons. The molecular formula is C31H43Cl2N7O4. The second-order valence-corrected chi connectivity index (χ2v) is 9.66. The molecule has 0 saturated carbocycles. The molecular weight excluding hydrogens is 605 g/mol. The maximum Gasteiger partial charge on any atom is 0.330 e. The van der Waals surface area contributed by atoms with Crippen LogP contribution in [0.2, 0.25) is 10.0 Å². The summed E-state index contributed by atoms with van der Waals surface area (Å²) in [7, 11) is 3.17. The Morgan fingerprint density at radius 3 is 2.23 bits per heavy atom. The number of anilines is 5. The van der Waals surface area contributed by atoms with Crippen molar-refractivity contribution >= 4 is 64.3 Å². The highest BCUT2D eigenvalue weighted by Crippen LogP contribution is 2.44. The molecule has 13 heteroatoms. The third-order valence-electron chi connectivity index (χ3n) is 6.53. The largest absolute Gasteiger partial charge is 0.495 e. The van der Waals surface area contributed by atoms with E-state index in [0.717, 1.165) is 31.1 Å². The van der Waals surface area contributed by atoms with E-state index in [-0.39, 0.29) is 39.6 Å². The van der Waals surface area contributed by atoms with Crippen molar-refractivity contribution in [3.63, 3.8) is 0 Å². The third-order valence-corrected chi connectivity index (χ3v) is 7.30. The van der Waals surface area contributed by atoms with Crippen LogP contribution in [0.5, 0.6) is 5.75 Å². The number of fused-ring (bicyclic) bond motifs is 1. The van der Waals surface area contributed by atoms with Crippen molar-refractivity contribution in [3.05, 3.63) is 57.7 Å². The number of hydroxylamine groups is 1. The van der Waals surface area contributed by atoms with Gasteiger partial charge in [-0.05, 0) is 58.0 Å². The van der Waals surface area contributed by atoms with Gasteiger partial charge in [0.2, 0.25) is 5.95 Å². The lowest BCUT2D eigenvalue weighted by molar-refractivity contribution is 0.0687. The molecule has 0 fully saturated rings. The molecule has 2 aromatic carbocycles. The molecule has 0 atom stereocenters. The van der Waals surface area contributed by atoms with Crippen LogP contribution in [0.15, 0.2) is 36.5 Å². The molecule has 2 amide bonds. The Morgan fingerprint density at radius 1 is 1.07 bits per heavy atom. The van der Waals surface area contributed by atoms with Crippen LogP contribution < -0.4 is 30.2 Å². The molecule has 1 aliphatic heterocycles. The average Bonchev–Trinajstić information content (AvgIpc) is 3.04. The molecule has 0 unspecified atom stereocenters. The zero-order chi connectivity index (χ0) is 32.8. The third kappa shape index (κ3) is 8.50. The van der Waals surface area contributed by atoms with E-state index in [1.165, 1.54) is 23.0 Å². The number of carbonyl (C=O) groups is 2. The highest BCUT2D eigenvalue weighted by atomic mass is 35.5. The van der Waals surface area contributed by atoms with Gasteiger partial charge in [-0.1, -0.05) is 37.0 Å². The zero-order valence-corrected chi connectivity index (χ0v) is 28.2. The van der Waals surface area contributed by atoms with E-state index in [0.29, 0.717) is 30.2 Å². The number of methoxy groups -OCH3 is 1. The molecule has 4 rings (SSSR count). The monoisotopic (exact) mass is 647 g/mol. The van der Waals surface area contributed by atoms with Crippen LogP contribution in [0.4, 0.5) is 33.6 Å². The normalized spacial score (nSPS) is 11.9. The fraction of sp³-hybridized carbons (Fsp3) is 0.419. The summed E-state index contributed by atoms with van der Waals surface area (Å²) in [4.78, 5) is 44.0. The van der Waals surface area contributed by atoms with E-state index in [4.69, 9.17) is 27.9 Å². The molecule has 11 nitrogen and oxygen atoms in total. The van der Waals surface area contributed by atoms with Crippen LogP contribution in [0, 0.1) is 0 Å². The zero-order valence-electron chi connectivity index (χ0n) is 26.7. The number of nitrogens with one attached hydrogen (secondary N) is 2. The summed E-state index contributed by atoms with van der Waals surface area (Å²) in [6.45, 7) is 15.1. The number of aromatic nitrogens is 2. The maximum absolute atomic E-state index is 13.6. The number of urea groups is 1. The van der Waals surface area contributed by atoms with Gasteiger partial charge >= 0.3 is 6.03 Å². The molecule has 0 saturated heterocycles. The number of benzene rings is 2. The number of hydrogen-bond acceptors (Lipinski definition) is 9. The molecule has 3 aromatic rings. The van der Waals surface area contributed by atoms with Gasteiger partial charge in [-0.2, -0.15) is 4.98 Å². The number of nitrogens with zero attached hydrogens (tertiary/aromatic N) is 5. The number of aldehydes is 1. The van der Waals surface area contributed by atoms with Crippen LogP contribution in [0.3, 0.4) is 0 Å². The molecule has 2 heterocycles. The van der Waals surface area contributed by atoms with Crippen molar-refractivity contribution in [2.24, 2.45) is 0 Å². The predicted octanol–water partition coefficient (Wildman–Crippen LogP) is 7.34. The Labute approximate surface area is 270 Å². The first-order valence-corrected chi connectivity index (χ1v) is 15.4. The van der Waals surface area contributed by atoms with E-state index in [2.05, 4.69) is 44.3 Å². The number of rotatable bonds is 11. The Bertz CT molecular complexity index is 1370. The van der Waals surface area contributed by atoms with Gasteiger partial charge in [0.15, 0.2) is 6.29 Å². The first-order valence-electron chi connectivity index (χ1n) is 14.6. The molecule has 0 aliphatic carbocycles. The lowest BCUT2D eigenvalue weighted by Gasteiger charge is -2.36. The summed E-state index contributed by atoms with van der Waals surface area (Å²) in [5.74, 6) is 1.11. The first kappa shape index (κ1) is 36.6. The summed E-state index contributed by atoms with van der Waals surface area (Å²) < 4.78 is 5.30. The Kier molecular flexibility index (Phi) is 15.1. The topological polar surface area (TPSA) is 112 Å². The van der Waals surface area contributed by atoms with Crippen molar-refractivity contribution in [3.8, 4) is 5.75 Å². The summed E-state index contributed by atoms with van der Waals surface area (Å²) >= 11 is 13.0. The molecule has 0 spiro atoms. The standard InChI is InChI=1S/C26H28Cl2N6O3.C3H9NO.C2H6/c1-5-32(6-2)19-10-8-18(9-11-19)30-25-29-13-17-14-34(26(36)33(7-3)24(17)31-25)23-21(27)16(15-35)12-20(37-4)22(23)28;1-3-5-4-2;1-2/h8-13,15H,5-7,14H2,1-4H3,(H,29,30,31);4H,3H2,1-2H3;1-2H3. The summed E-state index contributed by atoms with van der Waals surface area (Å²) in [6, 6.07) is 9.09. The smallest absolute Gasteiger partial charge is 0.330 e. The fourth-order valence-corrected chi connectivity index (χ4v) is 5.12. The molecule has 0 bridgehead atoms. The van der Waals surface area contributed by atoms with Gasteiger partial charge in [0.1, 0.15) is 16.6 Å². The van der Waals surface area contributed by atoms with Gasteiger partial charge in [-0.15, -0.1) is 0 Å². The van der Waals surface area contributed by atoms with E-state index < -0.39 is 0 Å². The van der Waals surface area contributed by atoms with Crippen LogP contribution in [0.25, 0.3) is 0 Å². The fourth-order valence-electron chi connectivity index (χ4n) is 4.44. The highest BCUT2D eigenvalue weighted by Gasteiger charge is 2.35. The van der Waals surface area contributed by atoms with Crippen LogP contribution in [-0.4, -0.2) is 62.7 Å². The number of halogens is 2. The van der Waals surface area contributed by atoms with Crippen LogP contribution in [-0.2, 0) is 11.4 Å².